The molecule has 4 atom stereocenters. The fourth-order valence-electron chi connectivity index (χ4n) is 4.01. The molecule has 11 heteroatoms. The fourth-order valence-corrected chi connectivity index (χ4v) is 4.01. The number of aliphatic carboxylic acids is 2. The molecule has 1 aromatic carbocycles. The minimum atomic E-state index is -1.29. The second kappa shape index (κ2) is 14.2. The molecule has 0 aromatic heterocycles. The van der Waals surface area contributed by atoms with Crippen LogP contribution in [-0.2, 0) is 30.4 Å². The van der Waals surface area contributed by atoms with Crippen LogP contribution < -0.4 is 21.3 Å². The zero-order valence-electron chi connectivity index (χ0n) is 20.7. The molecular weight excluding hydrogens is 468 g/mol. The molecular formula is C25H36N4O7. The Morgan fingerprint density at radius 1 is 0.944 bits per heavy atom. The van der Waals surface area contributed by atoms with Crippen LogP contribution in [0, 0.1) is 5.92 Å². The third kappa shape index (κ3) is 9.65. The second-order valence-electron chi connectivity index (χ2n) is 9.42. The highest BCUT2D eigenvalue weighted by atomic mass is 16.4. The van der Waals surface area contributed by atoms with Gasteiger partial charge in [-0.3, -0.25) is 19.2 Å². The van der Waals surface area contributed by atoms with Gasteiger partial charge in [-0.15, -0.1) is 0 Å². The number of benzene rings is 1. The van der Waals surface area contributed by atoms with E-state index in [1.807, 2.05) is 19.9 Å². The summed E-state index contributed by atoms with van der Waals surface area (Å²) in [6.45, 7) is 4.32. The van der Waals surface area contributed by atoms with Gasteiger partial charge in [-0.1, -0.05) is 44.2 Å². The molecule has 1 saturated heterocycles. The predicted octanol–water partition coefficient (Wildman–Crippen LogP) is 0.431. The quantitative estimate of drug-likeness (QED) is 0.211. The minimum absolute atomic E-state index is 0.0203. The monoisotopic (exact) mass is 504 g/mol. The van der Waals surface area contributed by atoms with Crippen molar-refractivity contribution in [2.45, 2.75) is 76.5 Å². The van der Waals surface area contributed by atoms with Crippen LogP contribution in [0.4, 0.5) is 0 Å². The van der Waals surface area contributed by atoms with Gasteiger partial charge >= 0.3 is 11.9 Å². The van der Waals surface area contributed by atoms with Crippen LogP contribution in [0.2, 0.25) is 0 Å². The maximum atomic E-state index is 13.3. The fraction of sp³-hybridized carbons (Fsp3) is 0.560. The Bertz CT molecular complexity index is 916. The topological polar surface area (TPSA) is 174 Å². The van der Waals surface area contributed by atoms with Gasteiger partial charge in [-0.2, -0.15) is 0 Å². The highest BCUT2D eigenvalue weighted by Gasteiger charge is 2.32. The normalized spacial score (nSPS) is 17.6. The van der Waals surface area contributed by atoms with E-state index in [1.54, 1.807) is 24.3 Å². The Balaban J connectivity index is 2.19. The lowest BCUT2D eigenvalue weighted by molar-refractivity contribution is -0.143. The molecule has 1 aliphatic rings. The Kier molecular flexibility index (Phi) is 11.3. The highest BCUT2D eigenvalue weighted by Crippen LogP contribution is 2.10. The number of carboxylic acids is 2. The molecule has 6 N–H and O–H groups in total. The summed E-state index contributed by atoms with van der Waals surface area (Å²) < 4.78 is 0. The molecule has 1 heterocycles. The van der Waals surface area contributed by atoms with Crippen molar-refractivity contribution < 1.29 is 34.2 Å². The number of amides is 3. The number of carbonyl (C=O) groups is 5. The summed E-state index contributed by atoms with van der Waals surface area (Å²) in [5.74, 6) is -4.20. The molecule has 1 aromatic rings. The lowest BCUT2D eigenvalue weighted by Crippen LogP contribution is -2.57. The van der Waals surface area contributed by atoms with Crippen molar-refractivity contribution >= 4 is 29.7 Å². The van der Waals surface area contributed by atoms with E-state index in [-0.39, 0.29) is 31.1 Å². The smallest absolute Gasteiger partial charge is 0.326 e. The third-order valence-electron chi connectivity index (χ3n) is 5.89. The summed E-state index contributed by atoms with van der Waals surface area (Å²) in [6, 6.07) is 5.11. The lowest BCUT2D eigenvalue weighted by atomic mass is 10.0. The number of rotatable bonds is 14. The van der Waals surface area contributed by atoms with E-state index < -0.39 is 54.3 Å². The zero-order chi connectivity index (χ0) is 26.7. The Morgan fingerprint density at radius 3 is 2.14 bits per heavy atom. The number of hydrogen-bond acceptors (Lipinski definition) is 6. The molecule has 0 spiro atoms. The summed E-state index contributed by atoms with van der Waals surface area (Å²) in [5.41, 5.74) is 0.784. The van der Waals surface area contributed by atoms with Gasteiger partial charge in [-0.05, 0) is 43.7 Å². The van der Waals surface area contributed by atoms with E-state index in [1.165, 1.54) is 0 Å². The molecule has 0 aliphatic carbocycles. The van der Waals surface area contributed by atoms with Crippen LogP contribution >= 0.6 is 0 Å². The highest BCUT2D eigenvalue weighted by molar-refractivity contribution is 5.94. The van der Waals surface area contributed by atoms with Crippen molar-refractivity contribution in [3.05, 3.63) is 35.9 Å². The van der Waals surface area contributed by atoms with Crippen molar-refractivity contribution in [3.63, 3.8) is 0 Å². The molecule has 0 radical (unpaired) electrons. The van der Waals surface area contributed by atoms with E-state index in [0.29, 0.717) is 13.0 Å². The largest absolute Gasteiger partial charge is 0.481 e. The SMILES string of the molecule is CC(C)CC(NC(=O)C(CCC(=O)O)NC(=O)C(Cc1ccccc1)NC(=O)C1CCCN1)C(=O)O. The van der Waals surface area contributed by atoms with Crippen LogP contribution in [0.5, 0.6) is 0 Å². The molecule has 0 saturated carbocycles. The first-order chi connectivity index (χ1) is 17.1. The predicted molar refractivity (Wildman–Crippen MR) is 131 cm³/mol. The van der Waals surface area contributed by atoms with E-state index in [2.05, 4.69) is 21.3 Å². The molecule has 0 bridgehead atoms. The Hall–Kier alpha value is -3.47. The van der Waals surface area contributed by atoms with Gasteiger partial charge in [0.2, 0.25) is 17.7 Å². The van der Waals surface area contributed by atoms with Crippen molar-refractivity contribution in [1.82, 2.24) is 21.3 Å². The number of hydrogen-bond donors (Lipinski definition) is 6. The standard InChI is InChI=1S/C25H36N4O7/c1-15(2)13-20(25(35)36)29-23(33)18(10-11-21(30)31)27-24(34)19(14-16-7-4-3-5-8-16)28-22(32)17-9-6-12-26-17/h3-5,7-8,15,17-20,26H,6,9-14H2,1-2H3,(H,27,34)(H,28,32)(H,29,33)(H,30,31)(H,35,36). The summed E-state index contributed by atoms with van der Waals surface area (Å²) in [6.07, 6.45) is 1.15. The van der Waals surface area contributed by atoms with Crippen LogP contribution in [0.3, 0.4) is 0 Å². The van der Waals surface area contributed by atoms with Gasteiger partial charge < -0.3 is 31.5 Å². The van der Waals surface area contributed by atoms with Crippen LogP contribution in [0.25, 0.3) is 0 Å². The average molecular weight is 505 g/mol. The average Bonchev–Trinajstić information content (AvgIpc) is 3.36. The van der Waals surface area contributed by atoms with Gasteiger partial charge in [0.05, 0.1) is 6.04 Å². The molecule has 4 unspecified atom stereocenters. The molecule has 198 valence electrons. The van der Waals surface area contributed by atoms with Crippen LogP contribution in [0.15, 0.2) is 30.3 Å². The van der Waals surface area contributed by atoms with Gasteiger partial charge in [0.25, 0.3) is 0 Å². The van der Waals surface area contributed by atoms with Crippen molar-refractivity contribution in [2.24, 2.45) is 5.92 Å². The third-order valence-corrected chi connectivity index (χ3v) is 5.89. The molecule has 2 rings (SSSR count). The zero-order valence-corrected chi connectivity index (χ0v) is 20.7. The molecule has 11 nitrogen and oxygen atoms in total. The molecule has 36 heavy (non-hydrogen) atoms. The second-order valence-corrected chi connectivity index (χ2v) is 9.42. The summed E-state index contributed by atoms with van der Waals surface area (Å²) in [4.78, 5) is 61.7. The van der Waals surface area contributed by atoms with E-state index in [4.69, 9.17) is 5.11 Å². The number of carboxylic acid groups (broad SMARTS) is 2. The first kappa shape index (κ1) is 28.8. The Morgan fingerprint density at radius 2 is 1.58 bits per heavy atom. The first-order valence-corrected chi connectivity index (χ1v) is 12.2. The van der Waals surface area contributed by atoms with Crippen molar-refractivity contribution in [3.8, 4) is 0 Å². The van der Waals surface area contributed by atoms with Crippen LogP contribution in [0.1, 0.15) is 51.5 Å². The minimum Gasteiger partial charge on any atom is -0.481 e. The number of nitrogens with one attached hydrogen (secondary N) is 4. The van der Waals surface area contributed by atoms with Gasteiger partial charge in [0.15, 0.2) is 0 Å². The first-order valence-electron chi connectivity index (χ1n) is 12.2. The van der Waals surface area contributed by atoms with Crippen LogP contribution in [-0.4, -0.2) is 70.6 Å². The summed E-state index contributed by atoms with van der Waals surface area (Å²) in [5, 5.41) is 29.3. The maximum Gasteiger partial charge on any atom is 0.326 e. The van der Waals surface area contributed by atoms with Gasteiger partial charge in [-0.25, -0.2) is 4.79 Å². The molecule has 3 amide bonds. The molecule has 1 aliphatic heterocycles. The van der Waals surface area contributed by atoms with Gasteiger partial charge in [0, 0.05) is 12.8 Å². The van der Waals surface area contributed by atoms with Crippen molar-refractivity contribution in [1.29, 1.82) is 0 Å². The number of carbonyl (C=O) groups excluding carboxylic acids is 3. The molecule has 1 fully saturated rings. The summed E-state index contributed by atoms with van der Waals surface area (Å²) >= 11 is 0. The Labute approximate surface area is 210 Å². The summed E-state index contributed by atoms with van der Waals surface area (Å²) in [7, 11) is 0. The maximum absolute atomic E-state index is 13.3. The lowest BCUT2D eigenvalue weighted by Gasteiger charge is -2.25. The van der Waals surface area contributed by atoms with E-state index in [0.717, 1.165) is 12.0 Å². The van der Waals surface area contributed by atoms with E-state index in [9.17, 15) is 29.1 Å². The van der Waals surface area contributed by atoms with Crippen molar-refractivity contribution in [2.75, 3.05) is 6.54 Å². The van der Waals surface area contributed by atoms with E-state index >= 15 is 0 Å². The van der Waals surface area contributed by atoms with Gasteiger partial charge in [0.1, 0.15) is 18.1 Å².